The molecule has 0 aliphatic heterocycles. The molecular weight excluding hydrogens is 282 g/mol. The fourth-order valence-corrected chi connectivity index (χ4v) is 2.43. The summed E-state index contributed by atoms with van der Waals surface area (Å²) in [7, 11) is 0. The number of hydrogen-bond acceptors (Lipinski definition) is 5. The number of rotatable bonds is 6. The summed E-state index contributed by atoms with van der Waals surface area (Å²) in [5.74, 6) is 0.628. The van der Waals surface area contributed by atoms with Gasteiger partial charge in [-0.25, -0.2) is 0 Å². The standard InChI is InChI=1S/C14H23N7O/c1-8(2)21-7-17-20-11(21)5-6-16-14(22)13(15)12-9(3)18-19-10(12)4/h7-8,13H,5-6,15H2,1-4H3,(H,16,22)(H,18,19). The molecule has 0 saturated heterocycles. The lowest BCUT2D eigenvalue weighted by atomic mass is 10.1. The summed E-state index contributed by atoms with van der Waals surface area (Å²) >= 11 is 0. The van der Waals surface area contributed by atoms with Crippen molar-refractivity contribution in [1.29, 1.82) is 0 Å². The molecule has 120 valence electrons. The molecule has 2 heterocycles. The Kier molecular flexibility index (Phi) is 4.92. The minimum atomic E-state index is -0.721. The lowest BCUT2D eigenvalue weighted by Crippen LogP contribution is -2.36. The fraction of sp³-hybridized carbons (Fsp3) is 0.571. The summed E-state index contributed by atoms with van der Waals surface area (Å²) in [6, 6.07) is -0.430. The zero-order chi connectivity index (χ0) is 16.3. The third-order valence-corrected chi connectivity index (χ3v) is 3.63. The summed E-state index contributed by atoms with van der Waals surface area (Å²) < 4.78 is 1.98. The van der Waals surface area contributed by atoms with E-state index in [4.69, 9.17) is 5.73 Å². The van der Waals surface area contributed by atoms with Crippen molar-refractivity contribution in [3.63, 3.8) is 0 Å². The van der Waals surface area contributed by atoms with Crippen molar-refractivity contribution in [2.24, 2.45) is 5.73 Å². The van der Waals surface area contributed by atoms with Gasteiger partial charge < -0.3 is 15.6 Å². The van der Waals surface area contributed by atoms with Crippen molar-refractivity contribution in [1.82, 2.24) is 30.3 Å². The van der Waals surface area contributed by atoms with Crippen molar-refractivity contribution in [2.45, 2.75) is 46.2 Å². The van der Waals surface area contributed by atoms with Crippen molar-refractivity contribution in [2.75, 3.05) is 6.54 Å². The SMILES string of the molecule is Cc1n[nH]c(C)c1C(N)C(=O)NCCc1nncn1C(C)C. The smallest absolute Gasteiger partial charge is 0.241 e. The van der Waals surface area contributed by atoms with E-state index in [1.165, 1.54) is 0 Å². The number of aryl methyl sites for hydroxylation is 2. The molecule has 1 amide bonds. The molecule has 8 nitrogen and oxygen atoms in total. The molecule has 1 unspecified atom stereocenters. The van der Waals surface area contributed by atoms with E-state index in [0.29, 0.717) is 19.0 Å². The molecule has 2 rings (SSSR count). The largest absolute Gasteiger partial charge is 0.354 e. The van der Waals surface area contributed by atoms with Gasteiger partial charge in [0.2, 0.25) is 5.91 Å². The molecule has 0 fully saturated rings. The Bertz CT molecular complexity index is 624. The first-order valence-corrected chi connectivity index (χ1v) is 7.35. The van der Waals surface area contributed by atoms with E-state index < -0.39 is 6.04 Å². The number of H-pyrrole nitrogens is 1. The molecular formula is C14H23N7O. The van der Waals surface area contributed by atoms with Gasteiger partial charge in [0.1, 0.15) is 18.2 Å². The highest BCUT2D eigenvalue weighted by atomic mass is 16.2. The van der Waals surface area contributed by atoms with Gasteiger partial charge >= 0.3 is 0 Å². The van der Waals surface area contributed by atoms with Crippen molar-refractivity contribution in [3.05, 3.63) is 29.1 Å². The van der Waals surface area contributed by atoms with Gasteiger partial charge in [0.15, 0.2) is 0 Å². The van der Waals surface area contributed by atoms with Gasteiger partial charge in [0, 0.05) is 30.3 Å². The van der Waals surface area contributed by atoms with E-state index in [-0.39, 0.29) is 5.91 Å². The number of carbonyl (C=O) groups is 1. The van der Waals surface area contributed by atoms with Crippen LogP contribution in [0.4, 0.5) is 0 Å². The highest BCUT2D eigenvalue weighted by molar-refractivity contribution is 5.83. The summed E-state index contributed by atoms with van der Waals surface area (Å²) in [6.07, 6.45) is 2.31. The topological polar surface area (TPSA) is 115 Å². The van der Waals surface area contributed by atoms with Crippen LogP contribution >= 0.6 is 0 Å². The van der Waals surface area contributed by atoms with Crippen LogP contribution in [0, 0.1) is 13.8 Å². The maximum absolute atomic E-state index is 12.2. The first-order chi connectivity index (χ1) is 10.4. The maximum Gasteiger partial charge on any atom is 0.241 e. The molecule has 4 N–H and O–H groups in total. The minimum absolute atomic E-state index is 0.219. The van der Waals surface area contributed by atoms with Crippen LogP contribution in [0.2, 0.25) is 0 Å². The van der Waals surface area contributed by atoms with E-state index in [1.54, 1.807) is 6.33 Å². The number of aromatic amines is 1. The van der Waals surface area contributed by atoms with Gasteiger partial charge in [-0.3, -0.25) is 9.89 Å². The Morgan fingerprint density at radius 2 is 2.18 bits per heavy atom. The zero-order valence-corrected chi connectivity index (χ0v) is 13.4. The van der Waals surface area contributed by atoms with Crippen molar-refractivity contribution in [3.8, 4) is 0 Å². The molecule has 2 aromatic heterocycles. The molecule has 0 bridgehead atoms. The molecule has 0 saturated carbocycles. The molecule has 22 heavy (non-hydrogen) atoms. The monoisotopic (exact) mass is 305 g/mol. The van der Waals surface area contributed by atoms with Crippen LogP contribution in [-0.4, -0.2) is 37.4 Å². The third kappa shape index (κ3) is 3.33. The van der Waals surface area contributed by atoms with Gasteiger partial charge in [0.25, 0.3) is 0 Å². The number of amides is 1. The van der Waals surface area contributed by atoms with Crippen molar-refractivity contribution < 1.29 is 4.79 Å². The lowest BCUT2D eigenvalue weighted by molar-refractivity contribution is -0.122. The Labute approximate surface area is 129 Å². The van der Waals surface area contributed by atoms with Gasteiger partial charge in [-0.15, -0.1) is 10.2 Å². The Morgan fingerprint density at radius 3 is 2.77 bits per heavy atom. The number of nitrogens with zero attached hydrogens (tertiary/aromatic N) is 4. The zero-order valence-electron chi connectivity index (χ0n) is 13.4. The van der Waals surface area contributed by atoms with E-state index in [2.05, 4.69) is 39.6 Å². The second-order valence-electron chi connectivity index (χ2n) is 5.61. The predicted octanol–water partition coefficient (Wildman–Crippen LogP) is 0.558. The quantitative estimate of drug-likeness (QED) is 0.721. The second-order valence-corrected chi connectivity index (χ2v) is 5.61. The lowest BCUT2D eigenvalue weighted by Gasteiger charge is -2.13. The summed E-state index contributed by atoms with van der Waals surface area (Å²) in [4.78, 5) is 12.2. The normalized spacial score (nSPS) is 12.6. The van der Waals surface area contributed by atoms with Crippen LogP contribution < -0.4 is 11.1 Å². The van der Waals surface area contributed by atoms with Crippen LogP contribution in [0.3, 0.4) is 0 Å². The van der Waals surface area contributed by atoms with Crippen LogP contribution in [-0.2, 0) is 11.2 Å². The van der Waals surface area contributed by atoms with E-state index in [1.807, 2.05) is 18.4 Å². The fourth-order valence-electron chi connectivity index (χ4n) is 2.43. The van der Waals surface area contributed by atoms with Crippen LogP contribution in [0.1, 0.15) is 48.7 Å². The number of carbonyl (C=O) groups excluding carboxylic acids is 1. The summed E-state index contributed by atoms with van der Waals surface area (Å²) in [5, 5.41) is 17.7. The molecule has 1 atom stereocenters. The number of nitrogens with one attached hydrogen (secondary N) is 2. The highest BCUT2D eigenvalue weighted by Gasteiger charge is 2.21. The van der Waals surface area contributed by atoms with Gasteiger partial charge in [-0.1, -0.05) is 0 Å². The Balaban J connectivity index is 1.92. The Hall–Kier alpha value is -2.22. The number of nitrogens with two attached hydrogens (primary N) is 1. The maximum atomic E-state index is 12.2. The molecule has 2 aromatic rings. The van der Waals surface area contributed by atoms with Crippen LogP contribution in [0.5, 0.6) is 0 Å². The van der Waals surface area contributed by atoms with Crippen LogP contribution in [0.15, 0.2) is 6.33 Å². The minimum Gasteiger partial charge on any atom is -0.354 e. The summed E-state index contributed by atoms with van der Waals surface area (Å²) in [5.41, 5.74) is 8.34. The van der Waals surface area contributed by atoms with Crippen molar-refractivity contribution >= 4 is 5.91 Å². The van der Waals surface area contributed by atoms with Gasteiger partial charge in [0.05, 0.1) is 5.69 Å². The molecule has 0 aliphatic rings. The second kappa shape index (κ2) is 6.69. The number of aromatic nitrogens is 5. The average molecular weight is 305 g/mol. The summed E-state index contributed by atoms with van der Waals surface area (Å²) in [6.45, 7) is 8.27. The first kappa shape index (κ1) is 16.2. The van der Waals surface area contributed by atoms with E-state index in [0.717, 1.165) is 22.8 Å². The highest BCUT2D eigenvalue weighted by Crippen LogP contribution is 2.17. The molecule has 8 heteroatoms. The average Bonchev–Trinajstić information content (AvgIpc) is 3.05. The Morgan fingerprint density at radius 1 is 1.45 bits per heavy atom. The van der Waals surface area contributed by atoms with E-state index >= 15 is 0 Å². The molecule has 0 spiro atoms. The molecule has 0 aliphatic carbocycles. The van der Waals surface area contributed by atoms with Crippen LogP contribution in [0.25, 0.3) is 0 Å². The third-order valence-electron chi connectivity index (χ3n) is 3.63. The predicted molar refractivity (Wildman–Crippen MR) is 82.1 cm³/mol. The molecule has 0 radical (unpaired) electrons. The molecule has 0 aromatic carbocycles. The van der Waals surface area contributed by atoms with E-state index in [9.17, 15) is 4.79 Å². The van der Waals surface area contributed by atoms with Gasteiger partial charge in [-0.2, -0.15) is 5.10 Å². The first-order valence-electron chi connectivity index (χ1n) is 7.35. The number of hydrogen-bond donors (Lipinski definition) is 3. The van der Waals surface area contributed by atoms with Gasteiger partial charge in [-0.05, 0) is 27.7 Å².